The fourth-order valence-corrected chi connectivity index (χ4v) is 1.74. The Balaban J connectivity index is 2.34. The quantitative estimate of drug-likeness (QED) is 0.625. The van der Waals surface area contributed by atoms with Gasteiger partial charge in [0.1, 0.15) is 0 Å². The van der Waals surface area contributed by atoms with Crippen LogP contribution in [0.2, 0.25) is 0 Å². The van der Waals surface area contributed by atoms with E-state index in [0.29, 0.717) is 11.9 Å². The minimum Gasteiger partial charge on any atom is -0.481 e. The third kappa shape index (κ3) is 2.25. The van der Waals surface area contributed by atoms with Crippen LogP contribution in [0.5, 0.6) is 0 Å². The Kier molecular flexibility index (Phi) is 2.78. The average Bonchev–Trinajstić information content (AvgIpc) is 2.68. The molecule has 0 spiro atoms. The number of fused-ring (bicyclic) bond motifs is 1. The van der Waals surface area contributed by atoms with Crippen molar-refractivity contribution in [3.05, 3.63) is 40.1 Å². The van der Waals surface area contributed by atoms with Gasteiger partial charge in [0, 0.05) is 30.1 Å². The summed E-state index contributed by atoms with van der Waals surface area (Å²) in [5.41, 5.74) is 1.53. The first-order valence-corrected chi connectivity index (χ1v) is 5.04. The zero-order valence-electron chi connectivity index (χ0n) is 8.84. The number of carbonyl (C=O) groups is 1. The van der Waals surface area contributed by atoms with Gasteiger partial charge in [-0.1, -0.05) is 0 Å². The topological polar surface area (TPSA) is 96.2 Å². The summed E-state index contributed by atoms with van der Waals surface area (Å²) in [6, 6.07) is 4.50. The first-order valence-electron chi connectivity index (χ1n) is 5.04. The molecule has 6 heteroatoms. The number of H-pyrrole nitrogens is 1. The van der Waals surface area contributed by atoms with E-state index in [9.17, 15) is 14.9 Å². The molecule has 2 rings (SSSR count). The van der Waals surface area contributed by atoms with Crippen molar-refractivity contribution in [1.82, 2.24) is 4.98 Å². The largest absolute Gasteiger partial charge is 0.481 e. The molecule has 0 bridgehead atoms. The fourth-order valence-electron chi connectivity index (χ4n) is 1.74. The van der Waals surface area contributed by atoms with Crippen molar-refractivity contribution < 1.29 is 14.8 Å². The summed E-state index contributed by atoms with van der Waals surface area (Å²) in [4.78, 5) is 23.5. The number of benzene rings is 1. The second-order valence-corrected chi connectivity index (χ2v) is 3.69. The van der Waals surface area contributed by atoms with Crippen LogP contribution in [-0.4, -0.2) is 21.0 Å². The normalized spacial score (nSPS) is 10.6. The molecule has 0 atom stereocenters. The van der Waals surface area contributed by atoms with Crippen molar-refractivity contribution in [2.75, 3.05) is 0 Å². The maximum absolute atomic E-state index is 10.6. The van der Waals surface area contributed by atoms with E-state index < -0.39 is 10.9 Å². The molecular weight excluding hydrogens is 224 g/mol. The van der Waals surface area contributed by atoms with E-state index in [1.807, 2.05) is 0 Å². The lowest BCUT2D eigenvalue weighted by molar-refractivity contribution is -0.384. The number of carboxylic acid groups (broad SMARTS) is 1. The van der Waals surface area contributed by atoms with Crippen molar-refractivity contribution in [1.29, 1.82) is 0 Å². The molecule has 0 amide bonds. The van der Waals surface area contributed by atoms with E-state index in [4.69, 9.17) is 5.11 Å². The number of rotatable bonds is 4. The van der Waals surface area contributed by atoms with Gasteiger partial charge in [0.05, 0.1) is 10.4 Å². The molecule has 2 N–H and O–H groups in total. The zero-order chi connectivity index (χ0) is 12.4. The van der Waals surface area contributed by atoms with Crippen LogP contribution < -0.4 is 0 Å². The van der Waals surface area contributed by atoms with Gasteiger partial charge in [-0.25, -0.2) is 0 Å². The molecule has 0 unspecified atom stereocenters. The number of nitro groups is 1. The molecule has 0 saturated carbocycles. The average molecular weight is 234 g/mol. The Labute approximate surface area is 96.0 Å². The number of nitro benzene ring substituents is 1. The fraction of sp³-hybridized carbons (Fsp3) is 0.182. The Bertz CT molecular complexity index is 588. The Hall–Kier alpha value is -2.37. The van der Waals surface area contributed by atoms with Gasteiger partial charge >= 0.3 is 5.97 Å². The van der Waals surface area contributed by atoms with Crippen molar-refractivity contribution in [3.8, 4) is 0 Å². The highest BCUT2D eigenvalue weighted by atomic mass is 16.6. The van der Waals surface area contributed by atoms with Crippen LogP contribution in [0.4, 0.5) is 5.69 Å². The molecule has 0 radical (unpaired) electrons. The van der Waals surface area contributed by atoms with Crippen LogP contribution in [0.15, 0.2) is 24.4 Å². The predicted molar refractivity (Wildman–Crippen MR) is 60.9 cm³/mol. The van der Waals surface area contributed by atoms with Gasteiger partial charge in [-0.2, -0.15) is 0 Å². The van der Waals surface area contributed by atoms with Gasteiger partial charge in [-0.05, 0) is 18.1 Å². The zero-order valence-corrected chi connectivity index (χ0v) is 8.84. The van der Waals surface area contributed by atoms with Crippen LogP contribution >= 0.6 is 0 Å². The van der Waals surface area contributed by atoms with Crippen molar-refractivity contribution >= 4 is 22.6 Å². The van der Waals surface area contributed by atoms with E-state index in [1.54, 1.807) is 12.3 Å². The Morgan fingerprint density at radius 3 is 2.88 bits per heavy atom. The van der Waals surface area contributed by atoms with E-state index in [0.717, 1.165) is 10.9 Å². The molecule has 0 aliphatic rings. The molecular formula is C11H10N2O4. The highest BCUT2D eigenvalue weighted by Crippen LogP contribution is 2.23. The van der Waals surface area contributed by atoms with Gasteiger partial charge < -0.3 is 10.1 Å². The lowest BCUT2D eigenvalue weighted by Gasteiger charge is -1.96. The minimum atomic E-state index is -0.860. The van der Waals surface area contributed by atoms with Gasteiger partial charge in [-0.3, -0.25) is 14.9 Å². The predicted octanol–water partition coefficient (Wildman–Crippen LogP) is 2.09. The molecule has 2 aromatic rings. The lowest BCUT2D eigenvalue weighted by Crippen LogP contribution is -1.96. The summed E-state index contributed by atoms with van der Waals surface area (Å²) < 4.78 is 0. The number of carboxylic acids is 1. The van der Waals surface area contributed by atoms with Gasteiger partial charge in [0.2, 0.25) is 0 Å². The summed E-state index contributed by atoms with van der Waals surface area (Å²) in [6.07, 6.45) is 2.15. The second kappa shape index (κ2) is 4.25. The van der Waals surface area contributed by atoms with Gasteiger partial charge in [0.15, 0.2) is 0 Å². The summed E-state index contributed by atoms with van der Waals surface area (Å²) in [6.45, 7) is 0. The molecule has 17 heavy (non-hydrogen) atoms. The first-order chi connectivity index (χ1) is 8.08. The summed E-state index contributed by atoms with van der Waals surface area (Å²) in [5.74, 6) is -0.860. The third-order valence-electron chi connectivity index (χ3n) is 2.57. The highest BCUT2D eigenvalue weighted by Gasteiger charge is 2.10. The molecule has 0 saturated heterocycles. The number of aromatic nitrogens is 1. The molecule has 0 fully saturated rings. The van der Waals surface area contributed by atoms with Crippen molar-refractivity contribution in [2.45, 2.75) is 12.8 Å². The SMILES string of the molecule is O=C(O)CCc1c[nH]c2cc([N+](=O)[O-])ccc12. The minimum absolute atomic E-state index is 0.0177. The number of aromatic amines is 1. The second-order valence-electron chi connectivity index (χ2n) is 3.69. The molecule has 1 aromatic carbocycles. The summed E-state index contributed by atoms with van der Waals surface area (Å²) >= 11 is 0. The number of aliphatic carboxylic acids is 1. The van der Waals surface area contributed by atoms with Crippen LogP contribution in [-0.2, 0) is 11.2 Å². The Morgan fingerprint density at radius 2 is 2.24 bits per heavy atom. The molecule has 6 nitrogen and oxygen atoms in total. The van der Waals surface area contributed by atoms with Crippen LogP contribution in [0.1, 0.15) is 12.0 Å². The summed E-state index contributed by atoms with van der Waals surface area (Å²) in [7, 11) is 0. The molecule has 88 valence electrons. The number of aryl methyl sites for hydroxylation is 1. The molecule has 1 heterocycles. The van der Waals surface area contributed by atoms with E-state index in [2.05, 4.69) is 4.98 Å². The smallest absolute Gasteiger partial charge is 0.303 e. The number of hydrogen-bond donors (Lipinski definition) is 2. The number of nitrogens with zero attached hydrogens (tertiary/aromatic N) is 1. The highest BCUT2D eigenvalue weighted by molar-refractivity contribution is 5.85. The monoisotopic (exact) mass is 234 g/mol. The molecule has 0 aliphatic carbocycles. The first kappa shape index (κ1) is 11.1. The van der Waals surface area contributed by atoms with Crippen molar-refractivity contribution in [2.24, 2.45) is 0 Å². The van der Waals surface area contributed by atoms with E-state index >= 15 is 0 Å². The number of nitrogens with one attached hydrogen (secondary N) is 1. The number of hydrogen-bond acceptors (Lipinski definition) is 3. The Morgan fingerprint density at radius 1 is 1.47 bits per heavy atom. The summed E-state index contributed by atoms with van der Waals surface area (Å²) in [5, 5.41) is 20.0. The van der Waals surface area contributed by atoms with E-state index in [1.165, 1.54) is 12.1 Å². The van der Waals surface area contributed by atoms with Crippen molar-refractivity contribution in [3.63, 3.8) is 0 Å². The standard InChI is InChI=1S/C11H10N2O4/c14-11(15)4-1-7-6-12-10-5-8(13(16)17)2-3-9(7)10/h2-3,5-6,12H,1,4H2,(H,14,15). The lowest BCUT2D eigenvalue weighted by atomic mass is 10.1. The maximum atomic E-state index is 10.6. The number of non-ortho nitro benzene ring substituents is 1. The van der Waals surface area contributed by atoms with Gasteiger partial charge in [0.25, 0.3) is 5.69 Å². The van der Waals surface area contributed by atoms with Crippen LogP contribution in [0, 0.1) is 10.1 Å². The molecule has 1 aromatic heterocycles. The van der Waals surface area contributed by atoms with Gasteiger partial charge in [-0.15, -0.1) is 0 Å². The maximum Gasteiger partial charge on any atom is 0.303 e. The molecule has 0 aliphatic heterocycles. The van der Waals surface area contributed by atoms with Crippen LogP contribution in [0.25, 0.3) is 10.9 Å². The van der Waals surface area contributed by atoms with E-state index in [-0.39, 0.29) is 12.1 Å². The van der Waals surface area contributed by atoms with Crippen LogP contribution in [0.3, 0.4) is 0 Å². The third-order valence-corrected chi connectivity index (χ3v) is 2.57.